The van der Waals surface area contributed by atoms with E-state index < -0.39 is 10.0 Å². The van der Waals surface area contributed by atoms with E-state index in [1.165, 1.54) is 0 Å². The molecule has 2 N–H and O–H groups in total. The molecule has 2 aromatic carbocycles. The number of anilines is 1. The molecule has 0 radical (unpaired) electrons. The molecule has 0 fully saturated rings. The number of sulfonamides is 1. The molecule has 0 bridgehead atoms. The number of aromatic nitrogens is 1. The van der Waals surface area contributed by atoms with Crippen molar-refractivity contribution in [1.29, 1.82) is 0 Å². The minimum atomic E-state index is -3.60. The largest absolute Gasteiger partial charge is 0.359 e. The maximum atomic E-state index is 12.5. The van der Waals surface area contributed by atoms with Gasteiger partial charge in [-0.3, -0.25) is 4.72 Å². The Morgan fingerprint density at radius 3 is 2.27 bits per heavy atom. The average molecular weight is 314 g/mol. The quantitative estimate of drug-likeness (QED) is 0.770. The first-order valence-electron chi connectivity index (χ1n) is 7.05. The lowest BCUT2D eigenvalue weighted by atomic mass is 10.1. The number of fused-ring (bicyclic) bond motifs is 1. The number of H-pyrrole nitrogens is 1. The summed E-state index contributed by atoms with van der Waals surface area (Å²) in [6.07, 6.45) is 1.89. The summed E-state index contributed by atoms with van der Waals surface area (Å²) in [6.45, 7) is 5.94. The lowest BCUT2D eigenvalue weighted by Gasteiger charge is -2.10. The van der Waals surface area contributed by atoms with Crippen LogP contribution in [0.4, 0.5) is 5.69 Å². The van der Waals surface area contributed by atoms with Gasteiger partial charge in [0.15, 0.2) is 0 Å². The molecule has 4 nitrogen and oxygen atoms in total. The summed E-state index contributed by atoms with van der Waals surface area (Å²) in [7, 11) is -3.60. The third-order valence-electron chi connectivity index (χ3n) is 3.82. The van der Waals surface area contributed by atoms with Crippen LogP contribution in [0.5, 0.6) is 0 Å². The van der Waals surface area contributed by atoms with E-state index in [2.05, 4.69) is 9.71 Å². The zero-order chi connectivity index (χ0) is 15.9. The van der Waals surface area contributed by atoms with E-state index >= 15 is 0 Å². The maximum absolute atomic E-state index is 12.5. The second-order valence-corrected chi connectivity index (χ2v) is 7.25. The molecule has 3 rings (SSSR count). The third kappa shape index (κ3) is 2.48. The lowest BCUT2D eigenvalue weighted by Crippen LogP contribution is -2.13. The monoisotopic (exact) mass is 314 g/mol. The van der Waals surface area contributed by atoms with Gasteiger partial charge in [-0.05, 0) is 50.1 Å². The Kier molecular flexibility index (Phi) is 3.45. The number of benzene rings is 2. The van der Waals surface area contributed by atoms with Gasteiger partial charge in [0.2, 0.25) is 0 Å². The molecule has 1 aromatic heterocycles. The van der Waals surface area contributed by atoms with Crippen LogP contribution >= 0.6 is 0 Å². The smallest absolute Gasteiger partial charge is 0.261 e. The van der Waals surface area contributed by atoms with Gasteiger partial charge in [-0.15, -0.1) is 0 Å². The second kappa shape index (κ2) is 5.18. The number of aromatic amines is 1. The van der Waals surface area contributed by atoms with Crippen molar-refractivity contribution in [3.8, 4) is 0 Å². The van der Waals surface area contributed by atoms with Gasteiger partial charge in [-0.2, -0.15) is 0 Å². The molecule has 0 spiro atoms. The zero-order valence-corrected chi connectivity index (χ0v) is 13.6. The molecule has 22 heavy (non-hydrogen) atoms. The molecule has 0 saturated heterocycles. The fourth-order valence-electron chi connectivity index (χ4n) is 2.62. The number of aryl methyl sites for hydroxylation is 3. The van der Waals surface area contributed by atoms with Crippen molar-refractivity contribution >= 4 is 26.6 Å². The van der Waals surface area contributed by atoms with Crippen molar-refractivity contribution in [2.24, 2.45) is 0 Å². The Hall–Kier alpha value is -2.27. The van der Waals surface area contributed by atoms with E-state index in [-0.39, 0.29) is 4.90 Å². The fraction of sp³-hybridized carbons (Fsp3) is 0.176. The number of hydrogen-bond acceptors (Lipinski definition) is 2. The molecule has 0 aliphatic carbocycles. The Bertz CT molecular complexity index is 939. The van der Waals surface area contributed by atoms with Crippen molar-refractivity contribution in [1.82, 2.24) is 4.98 Å². The molecule has 0 saturated carbocycles. The molecule has 114 valence electrons. The van der Waals surface area contributed by atoms with Crippen LogP contribution in [-0.2, 0) is 10.0 Å². The Balaban J connectivity index is 2.06. The summed E-state index contributed by atoms with van der Waals surface area (Å²) in [4.78, 5) is 3.41. The highest BCUT2D eigenvalue weighted by atomic mass is 32.2. The summed E-state index contributed by atoms with van der Waals surface area (Å²) in [5, 5.41) is 1.06. The van der Waals surface area contributed by atoms with Crippen LogP contribution in [0.25, 0.3) is 10.9 Å². The van der Waals surface area contributed by atoms with Crippen molar-refractivity contribution in [2.75, 3.05) is 4.72 Å². The van der Waals surface area contributed by atoms with Gasteiger partial charge >= 0.3 is 0 Å². The first kappa shape index (κ1) is 14.7. The van der Waals surface area contributed by atoms with Crippen molar-refractivity contribution < 1.29 is 8.42 Å². The second-order valence-electron chi connectivity index (χ2n) is 5.57. The topological polar surface area (TPSA) is 62.0 Å². The number of nitrogens with one attached hydrogen (secondary N) is 2. The summed E-state index contributed by atoms with van der Waals surface area (Å²) < 4.78 is 27.7. The van der Waals surface area contributed by atoms with Gasteiger partial charge in [0.05, 0.1) is 16.1 Å². The molecule has 5 heteroatoms. The Morgan fingerprint density at radius 2 is 1.59 bits per heavy atom. The van der Waals surface area contributed by atoms with Gasteiger partial charge < -0.3 is 4.98 Å². The molecule has 0 aliphatic rings. The highest BCUT2D eigenvalue weighted by Crippen LogP contribution is 2.29. The highest BCUT2D eigenvalue weighted by Gasteiger charge is 2.16. The molecular weight excluding hydrogens is 296 g/mol. The predicted molar refractivity (Wildman–Crippen MR) is 89.8 cm³/mol. The van der Waals surface area contributed by atoms with Crippen molar-refractivity contribution in [3.63, 3.8) is 0 Å². The predicted octanol–water partition coefficient (Wildman–Crippen LogP) is 3.89. The fourth-order valence-corrected chi connectivity index (χ4v) is 3.70. The summed E-state index contributed by atoms with van der Waals surface area (Å²) in [5.41, 5.74) is 4.62. The van der Waals surface area contributed by atoms with Gasteiger partial charge in [0.25, 0.3) is 10.0 Å². The van der Waals surface area contributed by atoms with E-state index in [1.54, 1.807) is 30.3 Å². The standard InChI is InChI=1S/C17H18N2O2S/c1-11-4-7-14(8-5-11)22(20,21)19-15-9-6-12(2)16-13(3)10-18-17(15)16/h4-10,18-19H,1-3H3. The van der Waals surface area contributed by atoms with Crippen molar-refractivity contribution in [3.05, 3.63) is 59.3 Å². The maximum Gasteiger partial charge on any atom is 0.261 e. The van der Waals surface area contributed by atoms with Crippen LogP contribution in [0.2, 0.25) is 0 Å². The van der Waals surface area contributed by atoms with E-state index in [0.717, 1.165) is 27.6 Å². The van der Waals surface area contributed by atoms with Crippen LogP contribution in [-0.4, -0.2) is 13.4 Å². The van der Waals surface area contributed by atoms with Crippen molar-refractivity contribution in [2.45, 2.75) is 25.7 Å². The first-order valence-corrected chi connectivity index (χ1v) is 8.53. The molecule has 0 aliphatic heterocycles. The molecule has 0 amide bonds. The minimum absolute atomic E-state index is 0.259. The van der Waals surface area contributed by atoms with Gasteiger partial charge in [0.1, 0.15) is 0 Å². The third-order valence-corrected chi connectivity index (χ3v) is 5.20. The minimum Gasteiger partial charge on any atom is -0.359 e. The van der Waals surface area contributed by atoms with Gasteiger partial charge in [-0.25, -0.2) is 8.42 Å². The molecule has 3 aromatic rings. The molecule has 0 atom stereocenters. The zero-order valence-electron chi connectivity index (χ0n) is 12.8. The molecule has 0 unspecified atom stereocenters. The van der Waals surface area contributed by atoms with E-state index in [4.69, 9.17) is 0 Å². The van der Waals surface area contributed by atoms with E-state index in [0.29, 0.717) is 5.69 Å². The summed E-state index contributed by atoms with van der Waals surface area (Å²) in [6, 6.07) is 10.5. The summed E-state index contributed by atoms with van der Waals surface area (Å²) >= 11 is 0. The number of hydrogen-bond donors (Lipinski definition) is 2. The Labute approximate surface area is 130 Å². The molecular formula is C17H18N2O2S. The van der Waals surface area contributed by atoms with Gasteiger partial charge in [-0.1, -0.05) is 23.8 Å². The van der Waals surface area contributed by atoms with Crippen LogP contribution in [0.15, 0.2) is 47.5 Å². The molecule has 1 heterocycles. The van der Waals surface area contributed by atoms with E-state index in [9.17, 15) is 8.42 Å². The van der Waals surface area contributed by atoms with Crippen LogP contribution < -0.4 is 4.72 Å². The highest BCUT2D eigenvalue weighted by molar-refractivity contribution is 7.92. The lowest BCUT2D eigenvalue weighted by molar-refractivity contribution is 0.601. The van der Waals surface area contributed by atoms with E-state index in [1.807, 2.05) is 33.0 Å². The summed E-state index contributed by atoms with van der Waals surface area (Å²) in [5.74, 6) is 0. The van der Waals surface area contributed by atoms with Crippen LogP contribution in [0.3, 0.4) is 0 Å². The first-order chi connectivity index (χ1) is 10.4. The van der Waals surface area contributed by atoms with Crippen LogP contribution in [0.1, 0.15) is 16.7 Å². The SMILES string of the molecule is Cc1ccc(S(=O)(=O)Nc2ccc(C)c3c(C)c[nH]c23)cc1. The Morgan fingerprint density at radius 1 is 0.909 bits per heavy atom. The van der Waals surface area contributed by atoms with Gasteiger partial charge in [0, 0.05) is 11.6 Å². The average Bonchev–Trinajstić information content (AvgIpc) is 2.86. The normalized spacial score (nSPS) is 11.8. The number of rotatable bonds is 3. The van der Waals surface area contributed by atoms with Crippen LogP contribution in [0, 0.1) is 20.8 Å².